The molecule has 0 atom stereocenters. The Morgan fingerprint density at radius 2 is 0.640 bits per heavy atom. The van der Waals surface area contributed by atoms with Crippen molar-refractivity contribution in [3.8, 4) is 0 Å². The Morgan fingerprint density at radius 1 is 0.373 bits per heavy atom. The maximum atomic E-state index is 14.3. The first-order valence-corrected chi connectivity index (χ1v) is 32.4. The molecule has 0 aliphatic rings. The zero-order valence-electron chi connectivity index (χ0n) is 41.5. The second-order valence-electron chi connectivity index (χ2n) is 18.3. The van der Waals surface area contributed by atoms with Crippen LogP contribution in [0, 0.1) is 0 Å². The van der Waals surface area contributed by atoms with E-state index < -0.39 is 34.6 Å². The van der Waals surface area contributed by atoms with Crippen molar-refractivity contribution in [3.05, 3.63) is 206 Å². The molecule has 380 valence electrons. The van der Waals surface area contributed by atoms with E-state index >= 15 is 0 Å². The first kappa shape index (κ1) is 52.0. The van der Waals surface area contributed by atoms with Gasteiger partial charge in [-0.25, -0.2) is 34.7 Å². The van der Waals surface area contributed by atoms with E-state index in [1.54, 1.807) is 26.2 Å². The van der Waals surface area contributed by atoms with E-state index in [-0.39, 0.29) is 44.9 Å². The average molecular weight is 1090 g/mol. The lowest BCUT2D eigenvalue weighted by molar-refractivity contribution is 0.314. The minimum atomic E-state index is -4.04. The van der Waals surface area contributed by atoms with Crippen molar-refractivity contribution < 1.29 is 26.1 Å². The first-order valence-electron chi connectivity index (χ1n) is 24.8. The lowest BCUT2D eigenvalue weighted by Gasteiger charge is -2.28. The summed E-state index contributed by atoms with van der Waals surface area (Å²) in [6, 6.07) is 70.2. The highest BCUT2D eigenvalue weighted by molar-refractivity contribution is 8.00. The monoisotopic (exact) mass is 1090 g/mol. The van der Waals surface area contributed by atoms with Gasteiger partial charge in [0.05, 0.1) is 12.3 Å². The third-order valence-corrected chi connectivity index (χ3v) is 27.8. The molecule has 0 saturated heterocycles. The van der Waals surface area contributed by atoms with Crippen LogP contribution in [0.15, 0.2) is 235 Å². The minimum absolute atomic E-state index is 0.0317. The van der Waals surface area contributed by atoms with E-state index in [2.05, 4.69) is 166 Å². The fourth-order valence-electron chi connectivity index (χ4n) is 10.0. The van der Waals surface area contributed by atoms with Crippen molar-refractivity contribution in [2.45, 2.75) is 45.3 Å². The summed E-state index contributed by atoms with van der Waals surface area (Å²) in [6.07, 6.45) is 4.55. The number of hydrogen-bond donors (Lipinski definition) is 0. The standard InChI is InChI=1S/C58H56N6O6P2S3/c1-63(41-21-23-43-71(45-25-9-3-10-26-45,46-27-11-4-12-28-46)47-29-13-5-14-30-47)74(65,66)53-39-37-51(55-57(53)61-69-59-55)73-52-38-40-54(58-56(52)60-70-62-58)75(67,68)64(2)42-22-24-44-72(48-31-15-6-16-32-48,49-33-17-7-18-34-49)50-35-19-8-20-36-50/h3-20,25-40H,21-24,41-44H2,1-2H3/q+2. The van der Waals surface area contributed by atoms with Crippen LogP contribution in [-0.4, -0.2) is 85.6 Å². The Bertz CT molecular complexity index is 3290. The van der Waals surface area contributed by atoms with E-state index in [4.69, 9.17) is 9.26 Å². The fourth-order valence-corrected chi connectivity index (χ4v) is 22.5. The summed E-state index contributed by atoms with van der Waals surface area (Å²) in [6.45, 7) is 0.564. The zero-order valence-corrected chi connectivity index (χ0v) is 45.8. The second-order valence-corrected chi connectivity index (χ2v) is 30.6. The van der Waals surface area contributed by atoms with Gasteiger partial charge in [0.25, 0.3) is 0 Å². The number of rotatable bonds is 22. The molecule has 0 radical (unpaired) electrons. The van der Waals surface area contributed by atoms with Crippen molar-refractivity contribution in [1.82, 2.24) is 29.2 Å². The van der Waals surface area contributed by atoms with E-state index in [9.17, 15) is 16.8 Å². The van der Waals surface area contributed by atoms with Crippen molar-refractivity contribution in [2.75, 3.05) is 39.5 Å². The summed E-state index contributed by atoms with van der Waals surface area (Å²) < 4.78 is 70.4. The highest BCUT2D eigenvalue weighted by Gasteiger charge is 2.46. The first-order chi connectivity index (χ1) is 36.5. The number of nitrogens with zero attached hydrogens (tertiary/aromatic N) is 6. The van der Waals surface area contributed by atoms with E-state index in [0.29, 0.717) is 22.6 Å². The molecule has 17 heteroatoms. The van der Waals surface area contributed by atoms with Crippen LogP contribution >= 0.6 is 26.3 Å². The van der Waals surface area contributed by atoms with E-state index in [0.717, 1.165) is 25.2 Å². The van der Waals surface area contributed by atoms with Crippen LogP contribution in [0.25, 0.3) is 22.1 Å². The Labute approximate surface area is 443 Å². The van der Waals surface area contributed by atoms with Gasteiger partial charge in [-0.05, 0) is 143 Å². The molecule has 0 saturated carbocycles. The predicted molar refractivity (Wildman–Crippen MR) is 306 cm³/mol. The summed E-state index contributed by atoms with van der Waals surface area (Å²) in [5.41, 5.74) is 0.633. The fraction of sp³-hybridized carbons (Fsp3) is 0.172. The predicted octanol–water partition coefficient (Wildman–Crippen LogP) is 9.70. The molecule has 0 unspecified atom stereocenters. The molecule has 0 N–H and O–H groups in total. The number of aromatic nitrogens is 4. The van der Waals surface area contributed by atoms with Crippen LogP contribution < -0.4 is 31.8 Å². The van der Waals surface area contributed by atoms with Gasteiger partial charge in [-0.3, -0.25) is 0 Å². The Kier molecular flexibility index (Phi) is 15.8. The Balaban J connectivity index is 0.827. The average Bonchev–Trinajstić information content (AvgIpc) is 4.17. The quantitative estimate of drug-likeness (QED) is 0.0471. The van der Waals surface area contributed by atoms with E-state index in [1.165, 1.54) is 64.3 Å². The second kappa shape index (κ2) is 22.8. The summed E-state index contributed by atoms with van der Waals surface area (Å²) in [7, 11) is -9.08. The summed E-state index contributed by atoms with van der Waals surface area (Å²) in [5, 5.41) is 24.1. The lowest BCUT2D eigenvalue weighted by atomic mass is 10.3. The summed E-state index contributed by atoms with van der Waals surface area (Å²) in [4.78, 5) is 0.980. The third kappa shape index (κ3) is 10.4. The highest BCUT2D eigenvalue weighted by atomic mass is 32.2. The van der Waals surface area contributed by atoms with Crippen LogP contribution in [0.4, 0.5) is 0 Å². The third-order valence-electron chi connectivity index (χ3n) is 13.9. The molecule has 0 aliphatic heterocycles. The largest absolute Gasteiger partial charge is 0.245 e. The van der Waals surface area contributed by atoms with Gasteiger partial charge in [-0.2, -0.15) is 0 Å². The summed E-state index contributed by atoms with van der Waals surface area (Å²) >= 11 is 1.20. The van der Waals surface area contributed by atoms with Gasteiger partial charge in [0, 0.05) is 37.0 Å². The molecule has 2 heterocycles. The molecule has 10 aromatic rings. The molecule has 75 heavy (non-hydrogen) atoms. The number of benzene rings is 8. The maximum Gasteiger partial charge on any atom is 0.245 e. The number of unbranched alkanes of at least 4 members (excludes halogenated alkanes) is 2. The molecule has 0 aliphatic carbocycles. The number of hydrogen-bond acceptors (Lipinski definition) is 11. The van der Waals surface area contributed by atoms with Crippen molar-refractivity contribution in [2.24, 2.45) is 0 Å². The number of fused-ring (bicyclic) bond motifs is 2. The van der Waals surface area contributed by atoms with Crippen molar-refractivity contribution in [1.29, 1.82) is 0 Å². The Morgan fingerprint density at radius 3 is 0.920 bits per heavy atom. The molecule has 10 rings (SSSR count). The summed E-state index contributed by atoms with van der Waals surface area (Å²) in [5.74, 6) is 0. The van der Waals surface area contributed by atoms with Gasteiger partial charge in [-0.15, -0.1) is 0 Å². The molecule has 0 fully saturated rings. The van der Waals surface area contributed by atoms with Crippen LogP contribution in [0.3, 0.4) is 0 Å². The molecule has 2 aromatic heterocycles. The normalized spacial score (nSPS) is 12.5. The molecule has 0 bridgehead atoms. The SMILES string of the molecule is CN(CCCC[P+](c1ccccc1)(c1ccccc1)c1ccccc1)S(=O)(=O)c1ccc(Sc2ccc(S(=O)(=O)N(C)CCCC[P+](c3ccccc3)(c3ccccc3)c3ccccc3)c3nonc23)c2nonc12. The number of sulfonamides is 2. The van der Waals surface area contributed by atoms with Gasteiger partial charge in [0.1, 0.15) is 56.1 Å². The lowest BCUT2D eigenvalue weighted by Crippen LogP contribution is -2.34. The minimum Gasteiger partial charge on any atom is -0.243 e. The molecule has 12 nitrogen and oxygen atoms in total. The molecular formula is C58H56N6O6P2S3+2. The molecule has 0 amide bonds. The van der Waals surface area contributed by atoms with Gasteiger partial charge in [-0.1, -0.05) is 121 Å². The Hall–Kier alpha value is -6.41. The smallest absolute Gasteiger partial charge is 0.243 e. The van der Waals surface area contributed by atoms with Gasteiger partial charge in [0.15, 0.2) is 22.1 Å². The van der Waals surface area contributed by atoms with Crippen LogP contribution in [-0.2, 0) is 20.0 Å². The topological polar surface area (TPSA) is 153 Å². The maximum absolute atomic E-state index is 14.3. The highest BCUT2D eigenvalue weighted by Crippen LogP contribution is 2.57. The molecule has 8 aromatic carbocycles. The van der Waals surface area contributed by atoms with Crippen LogP contribution in [0.1, 0.15) is 25.7 Å². The molecular weight excluding hydrogens is 1030 g/mol. The zero-order chi connectivity index (χ0) is 51.9. The van der Waals surface area contributed by atoms with E-state index in [1.807, 2.05) is 36.4 Å². The van der Waals surface area contributed by atoms with Crippen LogP contribution in [0.5, 0.6) is 0 Å². The van der Waals surface area contributed by atoms with Crippen molar-refractivity contribution in [3.63, 3.8) is 0 Å². The van der Waals surface area contributed by atoms with Gasteiger partial charge >= 0.3 is 0 Å². The van der Waals surface area contributed by atoms with Gasteiger partial charge in [0.2, 0.25) is 20.0 Å². The van der Waals surface area contributed by atoms with Crippen LogP contribution in [0.2, 0.25) is 0 Å². The molecule has 0 spiro atoms. The van der Waals surface area contributed by atoms with Gasteiger partial charge < -0.3 is 0 Å². The van der Waals surface area contributed by atoms with Crippen molar-refractivity contribution >= 4 is 100 Å².